The highest BCUT2D eigenvalue weighted by Crippen LogP contribution is 2.17. The Balaban J connectivity index is 1.85. The maximum atomic E-state index is 12.0. The van der Waals surface area contributed by atoms with Crippen LogP contribution in [0.4, 0.5) is 13.2 Å². The largest absolute Gasteiger partial charge is 0.455 e. The summed E-state index contributed by atoms with van der Waals surface area (Å²) in [6.45, 7) is -1.62. The van der Waals surface area contributed by atoms with Crippen LogP contribution in [0.25, 0.3) is 11.3 Å². The van der Waals surface area contributed by atoms with E-state index in [4.69, 9.17) is 5.73 Å². The number of carbonyl (C=O) groups excluding carboxylic acids is 1. The van der Waals surface area contributed by atoms with Gasteiger partial charge in [-0.2, -0.15) is 13.2 Å². The molecule has 1 heterocycles. The van der Waals surface area contributed by atoms with E-state index in [2.05, 4.69) is 9.72 Å². The Kier molecular flexibility index (Phi) is 5.92. The summed E-state index contributed by atoms with van der Waals surface area (Å²) < 4.78 is 40.1. The van der Waals surface area contributed by atoms with Gasteiger partial charge in [0.15, 0.2) is 6.61 Å². The van der Waals surface area contributed by atoms with Crippen LogP contribution in [0.3, 0.4) is 0 Å². The van der Waals surface area contributed by atoms with Gasteiger partial charge in [-0.15, -0.1) is 0 Å². The maximum Gasteiger partial charge on any atom is 0.422 e. The van der Waals surface area contributed by atoms with Gasteiger partial charge in [0.05, 0.1) is 5.69 Å². The molecule has 0 saturated heterocycles. The van der Waals surface area contributed by atoms with Crippen molar-refractivity contribution in [3.8, 4) is 11.3 Å². The van der Waals surface area contributed by atoms with Crippen molar-refractivity contribution in [1.82, 2.24) is 4.98 Å². The predicted molar refractivity (Wildman–Crippen MR) is 83.0 cm³/mol. The molecule has 2 N–H and O–H groups in total. The standard InChI is InChI=1S/C17H17F3N2O2/c18-17(19,20)11-24-16(23)14(21)8-6-12-7-9-15(22-10-12)13-4-2-1-3-5-13/h1-5,7,9-10,14H,6,8,11,21H2/t14-/m0/s1. The molecular weight excluding hydrogens is 321 g/mol. The van der Waals surface area contributed by atoms with Crippen LogP contribution in [-0.2, 0) is 16.0 Å². The molecule has 1 aromatic carbocycles. The van der Waals surface area contributed by atoms with Crippen LogP contribution in [0.15, 0.2) is 48.7 Å². The molecule has 0 amide bonds. The Labute approximate surface area is 137 Å². The highest BCUT2D eigenvalue weighted by atomic mass is 19.4. The number of aromatic nitrogens is 1. The van der Waals surface area contributed by atoms with E-state index >= 15 is 0 Å². The fourth-order valence-electron chi connectivity index (χ4n) is 2.05. The van der Waals surface area contributed by atoms with Crippen LogP contribution in [0.2, 0.25) is 0 Å². The van der Waals surface area contributed by atoms with E-state index < -0.39 is 24.8 Å². The normalized spacial score (nSPS) is 12.7. The van der Waals surface area contributed by atoms with E-state index in [0.29, 0.717) is 6.42 Å². The SMILES string of the molecule is N[C@@H](CCc1ccc(-c2ccccc2)nc1)C(=O)OCC(F)(F)F. The quantitative estimate of drug-likeness (QED) is 0.822. The molecule has 24 heavy (non-hydrogen) atoms. The van der Waals surface area contributed by atoms with E-state index in [0.717, 1.165) is 16.8 Å². The van der Waals surface area contributed by atoms with Gasteiger partial charge in [-0.3, -0.25) is 9.78 Å². The third-order valence-electron chi connectivity index (χ3n) is 3.32. The lowest BCUT2D eigenvalue weighted by Gasteiger charge is -2.12. The average Bonchev–Trinajstić information content (AvgIpc) is 2.58. The first kappa shape index (κ1) is 17.9. The highest BCUT2D eigenvalue weighted by molar-refractivity contribution is 5.75. The van der Waals surface area contributed by atoms with Gasteiger partial charge in [-0.25, -0.2) is 0 Å². The summed E-state index contributed by atoms with van der Waals surface area (Å²) in [5.74, 6) is -1.05. The van der Waals surface area contributed by atoms with Crippen molar-refractivity contribution in [2.24, 2.45) is 5.73 Å². The Bertz CT molecular complexity index is 658. The third-order valence-corrected chi connectivity index (χ3v) is 3.32. The van der Waals surface area contributed by atoms with E-state index in [1.54, 1.807) is 6.20 Å². The molecule has 0 saturated carbocycles. The number of nitrogens with two attached hydrogens (primary N) is 1. The van der Waals surface area contributed by atoms with Gasteiger partial charge in [-0.05, 0) is 24.5 Å². The van der Waals surface area contributed by atoms with E-state index in [-0.39, 0.29) is 6.42 Å². The lowest BCUT2D eigenvalue weighted by atomic mass is 10.1. The minimum Gasteiger partial charge on any atom is -0.455 e. The Hall–Kier alpha value is -2.41. The second kappa shape index (κ2) is 7.92. The number of esters is 1. The molecule has 0 bridgehead atoms. The molecule has 0 aliphatic heterocycles. The molecule has 4 nitrogen and oxygen atoms in total. The summed E-state index contributed by atoms with van der Waals surface area (Å²) in [5.41, 5.74) is 8.19. The lowest BCUT2D eigenvalue weighted by Crippen LogP contribution is -2.35. The molecule has 128 valence electrons. The van der Waals surface area contributed by atoms with Crippen molar-refractivity contribution in [2.75, 3.05) is 6.61 Å². The van der Waals surface area contributed by atoms with E-state index in [9.17, 15) is 18.0 Å². The molecule has 0 radical (unpaired) electrons. The van der Waals surface area contributed by atoms with Crippen LogP contribution < -0.4 is 5.73 Å². The van der Waals surface area contributed by atoms with Crippen molar-refractivity contribution < 1.29 is 22.7 Å². The second-order valence-electron chi connectivity index (χ2n) is 5.29. The van der Waals surface area contributed by atoms with Gasteiger partial charge >= 0.3 is 12.1 Å². The van der Waals surface area contributed by atoms with E-state index in [1.807, 2.05) is 42.5 Å². The number of pyridine rings is 1. The zero-order valence-corrected chi connectivity index (χ0v) is 12.8. The minimum absolute atomic E-state index is 0.184. The first-order valence-corrected chi connectivity index (χ1v) is 7.34. The van der Waals surface area contributed by atoms with Gasteiger partial charge in [0.25, 0.3) is 0 Å². The number of ether oxygens (including phenoxy) is 1. The molecule has 0 aliphatic rings. The van der Waals surface area contributed by atoms with Crippen molar-refractivity contribution >= 4 is 5.97 Å². The predicted octanol–water partition coefficient (Wildman–Crippen LogP) is 3.11. The second-order valence-corrected chi connectivity index (χ2v) is 5.29. The first-order chi connectivity index (χ1) is 11.3. The van der Waals surface area contributed by atoms with Gasteiger partial charge in [0.2, 0.25) is 0 Å². The molecule has 0 spiro atoms. The molecule has 1 aromatic heterocycles. The number of aryl methyl sites for hydroxylation is 1. The Morgan fingerprint density at radius 3 is 2.46 bits per heavy atom. The van der Waals surface area contributed by atoms with Crippen LogP contribution in [0, 0.1) is 0 Å². The van der Waals surface area contributed by atoms with Crippen LogP contribution >= 0.6 is 0 Å². The molecule has 7 heteroatoms. The number of hydrogen-bond acceptors (Lipinski definition) is 4. The number of hydrogen-bond donors (Lipinski definition) is 1. The summed E-state index contributed by atoms with van der Waals surface area (Å²) in [6, 6.07) is 12.2. The summed E-state index contributed by atoms with van der Waals surface area (Å²) in [6.07, 6.45) is -2.28. The molecule has 2 rings (SSSR count). The fraction of sp³-hybridized carbons (Fsp3) is 0.294. The molecule has 0 fully saturated rings. The van der Waals surface area contributed by atoms with Crippen LogP contribution in [0.1, 0.15) is 12.0 Å². The molecule has 0 unspecified atom stereocenters. The Morgan fingerprint density at radius 1 is 1.17 bits per heavy atom. The van der Waals surface area contributed by atoms with Gasteiger partial charge in [0, 0.05) is 11.8 Å². The number of rotatable bonds is 6. The van der Waals surface area contributed by atoms with Crippen molar-refractivity contribution in [2.45, 2.75) is 25.1 Å². The topological polar surface area (TPSA) is 65.2 Å². The van der Waals surface area contributed by atoms with Gasteiger partial charge in [0.1, 0.15) is 6.04 Å². The van der Waals surface area contributed by atoms with E-state index in [1.165, 1.54) is 0 Å². The van der Waals surface area contributed by atoms with Gasteiger partial charge < -0.3 is 10.5 Å². The number of alkyl halides is 3. The maximum absolute atomic E-state index is 12.0. The third kappa shape index (κ3) is 5.66. The number of carbonyl (C=O) groups is 1. The first-order valence-electron chi connectivity index (χ1n) is 7.34. The zero-order valence-electron chi connectivity index (χ0n) is 12.8. The average molecular weight is 338 g/mol. The monoisotopic (exact) mass is 338 g/mol. The molecule has 0 aliphatic carbocycles. The Morgan fingerprint density at radius 2 is 1.88 bits per heavy atom. The molecule has 2 aromatic rings. The summed E-state index contributed by atoms with van der Waals surface area (Å²) >= 11 is 0. The van der Waals surface area contributed by atoms with Crippen molar-refractivity contribution in [3.05, 3.63) is 54.2 Å². The summed E-state index contributed by atoms with van der Waals surface area (Å²) in [7, 11) is 0. The fourth-order valence-corrected chi connectivity index (χ4v) is 2.05. The van der Waals surface area contributed by atoms with Crippen LogP contribution in [-0.4, -0.2) is 29.8 Å². The van der Waals surface area contributed by atoms with Crippen LogP contribution in [0.5, 0.6) is 0 Å². The van der Waals surface area contributed by atoms with Gasteiger partial charge in [-0.1, -0.05) is 36.4 Å². The summed E-state index contributed by atoms with van der Waals surface area (Å²) in [4.78, 5) is 15.7. The molecular formula is C17H17F3N2O2. The van der Waals surface area contributed by atoms with Crippen molar-refractivity contribution in [3.63, 3.8) is 0 Å². The van der Waals surface area contributed by atoms with Crippen molar-refractivity contribution in [1.29, 1.82) is 0 Å². The molecule has 1 atom stereocenters. The smallest absolute Gasteiger partial charge is 0.422 e. The number of benzene rings is 1. The highest BCUT2D eigenvalue weighted by Gasteiger charge is 2.30. The lowest BCUT2D eigenvalue weighted by molar-refractivity contribution is -0.187. The number of nitrogens with zero attached hydrogens (tertiary/aromatic N) is 1. The minimum atomic E-state index is -4.55. The summed E-state index contributed by atoms with van der Waals surface area (Å²) in [5, 5.41) is 0. The zero-order chi connectivity index (χ0) is 17.6. The number of halogens is 3.